The maximum atomic E-state index is 11.6. The summed E-state index contributed by atoms with van der Waals surface area (Å²) in [6, 6.07) is -0.425. The van der Waals surface area contributed by atoms with Crippen LogP contribution in [-0.2, 0) is 9.53 Å². The highest BCUT2D eigenvalue weighted by Gasteiger charge is 2.17. The number of nitrogens with two attached hydrogens (primary N) is 1. The van der Waals surface area contributed by atoms with Crippen LogP contribution in [0, 0.1) is 5.92 Å². The first-order valence-corrected chi connectivity index (χ1v) is 5.02. The summed E-state index contributed by atoms with van der Waals surface area (Å²) in [7, 11) is 1.63. The summed E-state index contributed by atoms with van der Waals surface area (Å²) in [6.07, 6.45) is 0. The number of carbonyl (C=O) groups excluding carboxylic acids is 1. The Morgan fingerprint density at radius 3 is 2.36 bits per heavy atom. The van der Waals surface area contributed by atoms with Gasteiger partial charge in [-0.05, 0) is 12.8 Å². The van der Waals surface area contributed by atoms with Crippen LogP contribution in [-0.4, -0.2) is 43.7 Å². The molecule has 0 spiro atoms. The Balaban J connectivity index is 4.15. The second-order valence-electron chi connectivity index (χ2n) is 3.96. The van der Waals surface area contributed by atoms with E-state index in [-0.39, 0.29) is 5.91 Å². The summed E-state index contributed by atoms with van der Waals surface area (Å²) >= 11 is 0. The number of methoxy groups -OCH3 is 1. The predicted octanol–water partition coefficient (Wildman–Crippen LogP) is 0.465. The van der Waals surface area contributed by atoms with Crippen LogP contribution in [0.15, 0.2) is 0 Å². The molecule has 0 saturated carbocycles. The smallest absolute Gasteiger partial charge is 0.239 e. The Morgan fingerprint density at radius 2 is 2.00 bits per heavy atom. The van der Waals surface area contributed by atoms with Crippen LogP contribution in [0.5, 0.6) is 0 Å². The number of amides is 1. The van der Waals surface area contributed by atoms with Crippen molar-refractivity contribution in [2.24, 2.45) is 11.7 Å². The van der Waals surface area contributed by atoms with Crippen LogP contribution in [0.2, 0.25) is 0 Å². The molecule has 0 unspecified atom stereocenters. The zero-order valence-corrected chi connectivity index (χ0v) is 9.62. The Morgan fingerprint density at radius 1 is 1.43 bits per heavy atom. The molecule has 1 atom stereocenters. The minimum atomic E-state index is -0.425. The second-order valence-corrected chi connectivity index (χ2v) is 3.96. The maximum absolute atomic E-state index is 11.6. The van der Waals surface area contributed by atoms with Crippen molar-refractivity contribution in [2.75, 3.05) is 26.8 Å². The first-order chi connectivity index (χ1) is 6.49. The topological polar surface area (TPSA) is 55.6 Å². The zero-order chi connectivity index (χ0) is 11.1. The first kappa shape index (κ1) is 13.4. The van der Waals surface area contributed by atoms with E-state index < -0.39 is 6.04 Å². The fourth-order valence-corrected chi connectivity index (χ4v) is 1.22. The van der Waals surface area contributed by atoms with Crippen molar-refractivity contribution >= 4 is 5.91 Å². The number of hydrogen-bond acceptors (Lipinski definition) is 3. The van der Waals surface area contributed by atoms with Crippen LogP contribution in [0.1, 0.15) is 20.8 Å². The average Bonchev–Trinajstić information content (AvgIpc) is 2.10. The van der Waals surface area contributed by atoms with Crippen LogP contribution in [0.4, 0.5) is 0 Å². The van der Waals surface area contributed by atoms with Crippen LogP contribution in [0.3, 0.4) is 0 Å². The number of carbonyl (C=O) groups is 1. The van der Waals surface area contributed by atoms with E-state index in [2.05, 4.69) is 13.8 Å². The highest BCUT2D eigenvalue weighted by atomic mass is 16.5. The van der Waals surface area contributed by atoms with Crippen LogP contribution in [0.25, 0.3) is 0 Å². The van der Waals surface area contributed by atoms with Gasteiger partial charge in [0.15, 0.2) is 0 Å². The molecule has 0 bridgehead atoms. The first-order valence-electron chi connectivity index (χ1n) is 5.02. The van der Waals surface area contributed by atoms with Gasteiger partial charge in [-0.1, -0.05) is 13.8 Å². The third-order valence-corrected chi connectivity index (χ3v) is 1.85. The fraction of sp³-hybridized carbons (Fsp3) is 0.900. The lowest BCUT2D eigenvalue weighted by atomic mass is 10.2. The van der Waals surface area contributed by atoms with Crippen LogP contribution < -0.4 is 5.73 Å². The van der Waals surface area contributed by atoms with Crippen molar-refractivity contribution < 1.29 is 9.53 Å². The van der Waals surface area contributed by atoms with Crippen molar-refractivity contribution in [3.8, 4) is 0 Å². The lowest BCUT2D eigenvalue weighted by Gasteiger charge is -2.25. The van der Waals surface area contributed by atoms with E-state index in [1.165, 1.54) is 0 Å². The standard InChI is InChI=1S/C10H22N2O2/c1-8(2)7-12(5-6-14-4)10(13)9(3)11/h8-9H,5-7,11H2,1-4H3/t9-/m1/s1. The van der Waals surface area contributed by atoms with Gasteiger partial charge in [0.25, 0.3) is 0 Å². The van der Waals surface area contributed by atoms with E-state index >= 15 is 0 Å². The molecule has 2 N–H and O–H groups in total. The molecule has 0 aromatic carbocycles. The minimum absolute atomic E-state index is 0.00394. The summed E-state index contributed by atoms with van der Waals surface area (Å²) in [5, 5.41) is 0. The number of ether oxygens (including phenoxy) is 1. The Kier molecular flexibility index (Phi) is 6.49. The summed E-state index contributed by atoms with van der Waals surface area (Å²) < 4.78 is 4.95. The second kappa shape index (κ2) is 6.79. The van der Waals surface area contributed by atoms with Crippen molar-refractivity contribution in [1.29, 1.82) is 0 Å². The van der Waals surface area contributed by atoms with Gasteiger partial charge in [0, 0.05) is 20.2 Å². The molecule has 0 radical (unpaired) electrons. The van der Waals surface area contributed by atoms with Gasteiger partial charge in [-0.3, -0.25) is 4.79 Å². The van der Waals surface area contributed by atoms with Crippen molar-refractivity contribution in [1.82, 2.24) is 4.90 Å². The molecule has 4 nitrogen and oxygen atoms in total. The molecule has 1 amide bonds. The van der Waals surface area contributed by atoms with E-state index in [4.69, 9.17) is 10.5 Å². The van der Waals surface area contributed by atoms with Gasteiger partial charge in [0.05, 0.1) is 12.6 Å². The predicted molar refractivity (Wildman–Crippen MR) is 56.9 cm³/mol. The molecule has 0 rings (SSSR count). The summed E-state index contributed by atoms with van der Waals surface area (Å²) in [5.41, 5.74) is 5.55. The monoisotopic (exact) mass is 202 g/mol. The molecule has 0 heterocycles. The molecule has 84 valence electrons. The molecular formula is C10H22N2O2. The molecule has 4 heteroatoms. The molecular weight excluding hydrogens is 180 g/mol. The molecule has 0 fully saturated rings. The van der Waals surface area contributed by atoms with E-state index in [9.17, 15) is 4.79 Å². The van der Waals surface area contributed by atoms with E-state index in [1.54, 1.807) is 18.9 Å². The van der Waals surface area contributed by atoms with E-state index in [0.717, 1.165) is 6.54 Å². The number of hydrogen-bond donors (Lipinski definition) is 1. The van der Waals surface area contributed by atoms with Gasteiger partial charge in [-0.15, -0.1) is 0 Å². The SMILES string of the molecule is COCCN(CC(C)C)C(=O)[C@@H](C)N. The third kappa shape index (κ3) is 5.19. The normalized spacial score (nSPS) is 13.0. The average molecular weight is 202 g/mol. The Labute approximate surface area is 86.4 Å². The Bertz CT molecular complexity index is 170. The number of rotatable bonds is 6. The van der Waals surface area contributed by atoms with Gasteiger partial charge in [0.1, 0.15) is 0 Å². The van der Waals surface area contributed by atoms with Gasteiger partial charge in [0.2, 0.25) is 5.91 Å². The Hall–Kier alpha value is -0.610. The van der Waals surface area contributed by atoms with Crippen LogP contribution >= 0.6 is 0 Å². The van der Waals surface area contributed by atoms with Crippen molar-refractivity contribution in [3.05, 3.63) is 0 Å². The maximum Gasteiger partial charge on any atom is 0.239 e. The molecule has 0 aliphatic rings. The highest BCUT2D eigenvalue weighted by molar-refractivity contribution is 5.81. The molecule has 0 aromatic rings. The molecule has 0 saturated heterocycles. The summed E-state index contributed by atoms with van der Waals surface area (Å²) in [6.45, 7) is 7.79. The van der Waals surface area contributed by atoms with E-state index in [1.807, 2.05) is 0 Å². The van der Waals surface area contributed by atoms with Gasteiger partial charge in [-0.25, -0.2) is 0 Å². The van der Waals surface area contributed by atoms with Gasteiger partial charge >= 0.3 is 0 Å². The molecule has 0 aromatic heterocycles. The quantitative estimate of drug-likeness (QED) is 0.681. The highest BCUT2D eigenvalue weighted by Crippen LogP contribution is 2.00. The fourth-order valence-electron chi connectivity index (χ4n) is 1.22. The third-order valence-electron chi connectivity index (χ3n) is 1.85. The summed E-state index contributed by atoms with van der Waals surface area (Å²) in [4.78, 5) is 13.4. The summed E-state index contributed by atoms with van der Waals surface area (Å²) in [5.74, 6) is 0.449. The molecule has 0 aliphatic carbocycles. The molecule has 14 heavy (non-hydrogen) atoms. The zero-order valence-electron chi connectivity index (χ0n) is 9.62. The van der Waals surface area contributed by atoms with Gasteiger partial charge in [-0.2, -0.15) is 0 Å². The van der Waals surface area contributed by atoms with E-state index in [0.29, 0.717) is 19.1 Å². The lowest BCUT2D eigenvalue weighted by molar-refractivity contribution is -0.133. The van der Waals surface area contributed by atoms with Crippen molar-refractivity contribution in [3.63, 3.8) is 0 Å². The lowest BCUT2D eigenvalue weighted by Crippen LogP contribution is -2.45. The van der Waals surface area contributed by atoms with Gasteiger partial charge < -0.3 is 15.4 Å². The number of nitrogens with zero attached hydrogens (tertiary/aromatic N) is 1. The minimum Gasteiger partial charge on any atom is -0.383 e. The largest absolute Gasteiger partial charge is 0.383 e. The molecule has 0 aliphatic heterocycles. The van der Waals surface area contributed by atoms with Crippen molar-refractivity contribution in [2.45, 2.75) is 26.8 Å².